The smallest absolute Gasteiger partial charge is 0.315 e. The largest absolute Gasteiger partial charge is 0.338 e. The lowest BCUT2D eigenvalue weighted by Gasteiger charge is -2.19. The van der Waals surface area contributed by atoms with Gasteiger partial charge in [-0.1, -0.05) is 174 Å². The van der Waals surface area contributed by atoms with Crippen LogP contribution in [-0.2, 0) is 0 Å². The maximum Gasteiger partial charge on any atom is 0.315 e. The Bertz CT molecular complexity index is 518. The molecule has 0 fully saturated rings. The van der Waals surface area contributed by atoms with Crippen LogP contribution >= 0.6 is 0 Å². The maximum atomic E-state index is 12.4. The predicted octanol–water partition coefficient (Wildman–Crippen LogP) is 12.6. The summed E-state index contributed by atoms with van der Waals surface area (Å²) in [5.41, 5.74) is 0. The molecule has 0 saturated heterocycles. The topological polar surface area (TPSA) is 41.1 Å². The number of carbonyl (C=O) groups excluding carboxylic acids is 1. The van der Waals surface area contributed by atoms with Gasteiger partial charge in [0, 0.05) is 12.6 Å². The highest BCUT2D eigenvalue weighted by atomic mass is 16.2. The van der Waals surface area contributed by atoms with Gasteiger partial charge in [-0.15, -0.1) is 0 Å². The molecule has 0 spiro atoms. The van der Waals surface area contributed by atoms with Gasteiger partial charge in [0.15, 0.2) is 0 Å². The van der Waals surface area contributed by atoms with Crippen LogP contribution < -0.4 is 10.6 Å². The third-order valence-electron chi connectivity index (χ3n) is 8.37. The zero-order valence-corrected chi connectivity index (χ0v) is 27.9. The molecule has 0 bridgehead atoms. The van der Waals surface area contributed by atoms with E-state index in [9.17, 15) is 4.79 Å². The van der Waals surface area contributed by atoms with Gasteiger partial charge in [-0.25, -0.2) is 4.79 Å². The Morgan fingerprint density at radius 2 is 0.825 bits per heavy atom. The lowest BCUT2D eigenvalue weighted by atomic mass is 9.99. The minimum atomic E-state index is 0.0464. The fraction of sp³-hybridized carbons (Fsp3) is 0.919. The highest BCUT2D eigenvalue weighted by molar-refractivity contribution is 5.74. The van der Waals surface area contributed by atoms with Gasteiger partial charge in [-0.2, -0.15) is 0 Å². The summed E-state index contributed by atoms with van der Waals surface area (Å²) in [5, 5.41) is 6.36. The Morgan fingerprint density at radius 1 is 0.475 bits per heavy atom. The number of allylic oxidation sites excluding steroid dienone is 2. The SMILES string of the molecule is CCCCCCCC/C=C\CCCCCCCC(CCCCCCCCCCCCCC)NC(=O)NCCCC. The Hall–Kier alpha value is -0.990. The summed E-state index contributed by atoms with van der Waals surface area (Å²) >= 11 is 0. The molecular weight excluding hydrogens is 488 g/mol. The Labute approximate surface area is 252 Å². The van der Waals surface area contributed by atoms with E-state index in [0.29, 0.717) is 6.04 Å². The first-order chi connectivity index (χ1) is 19.7. The maximum absolute atomic E-state index is 12.4. The number of hydrogen-bond acceptors (Lipinski definition) is 1. The molecule has 3 nitrogen and oxygen atoms in total. The van der Waals surface area contributed by atoms with E-state index in [1.807, 2.05) is 0 Å². The molecule has 0 aliphatic heterocycles. The van der Waals surface area contributed by atoms with E-state index in [1.165, 1.54) is 161 Å². The summed E-state index contributed by atoms with van der Waals surface area (Å²) in [4.78, 5) is 12.4. The van der Waals surface area contributed by atoms with E-state index in [4.69, 9.17) is 0 Å². The van der Waals surface area contributed by atoms with Crippen LogP contribution in [0.3, 0.4) is 0 Å². The Morgan fingerprint density at radius 3 is 1.23 bits per heavy atom. The Balaban J connectivity index is 3.88. The van der Waals surface area contributed by atoms with Crippen molar-refractivity contribution in [2.45, 2.75) is 213 Å². The monoisotopic (exact) mass is 563 g/mol. The summed E-state index contributed by atoms with van der Waals surface area (Å²) in [7, 11) is 0. The van der Waals surface area contributed by atoms with Crippen LogP contribution in [0.2, 0.25) is 0 Å². The van der Waals surface area contributed by atoms with E-state index in [-0.39, 0.29) is 6.03 Å². The molecule has 2 amide bonds. The second-order valence-electron chi connectivity index (χ2n) is 12.5. The number of amides is 2. The molecule has 238 valence electrons. The first-order valence-electron chi connectivity index (χ1n) is 18.4. The van der Waals surface area contributed by atoms with E-state index in [1.54, 1.807) is 0 Å². The van der Waals surface area contributed by atoms with Gasteiger partial charge < -0.3 is 10.6 Å². The van der Waals surface area contributed by atoms with Crippen LogP contribution in [0.1, 0.15) is 207 Å². The fourth-order valence-electron chi connectivity index (χ4n) is 5.60. The zero-order valence-electron chi connectivity index (χ0n) is 27.9. The van der Waals surface area contributed by atoms with Crippen LogP contribution in [0.5, 0.6) is 0 Å². The minimum Gasteiger partial charge on any atom is -0.338 e. The van der Waals surface area contributed by atoms with Gasteiger partial charge in [0.25, 0.3) is 0 Å². The predicted molar refractivity (Wildman–Crippen MR) is 180 cm³/mol. The number of carbonyl (C=O) groups is 1. The van der Waals surface area contributed by atoms with Gasteiger partial charge in [0.05, 0.1) is 0 Å². The van der Waals surface area contributed by atoms with Gasteiger partial charge in [-0.3, -0.25) is 0 Å². The van der Waals surface area contributed by atoms with Gasteiger partial charge in [0.2, 0.25) is 0 Å². The number of unbranched alkanes of at least 4 members (excludes halogenated alkanes) is 23. The third-order valence-corrected chi connectivity index (χ3v) is 8.37. The zero-order chi connectivity index (χ0) is 29.2. The quantitative estimate of drug-likeness (QED) is 0.0621. The second kappa shape index (κ2) is 34.2. The van der Waals surface area contributed by atoms with E-state index in [2.05, 4.69) is 43.6 Å². The minimum absolute atomic E-state index is 0.0464. The first-order valence-corrected chi connectivity index (χ1v) is 18.4. The molecule has 0 heterocycles. The normalized spacial score (nSPS) is 12.3. The average molecular weight is 563 g/mol. The standard InChI is InChI=1S/C37H74N2O/c1-4-7-10-12-14-16-18-20-21-22-24-26-28-30-32-34-36(39-37(40)38-35-9-6-3)33-31-29-27-25-23-19-17-15-13-11-8-5-2/h20-21,36H,4-19,22-35H2,1-3H3,(H2,38,39,40)/b21-20-. The summed E-state index contributed by atoms with van der Waals surface area (Å²) in [6, 6.07) is 0.389. The Kier molecular flexibility index (Phi) is 33.4. The van der Waals surface area contributed by atoms with Crippen molar-refractivity contribution in [2.24, 2.45) is 0 Å². The van der Waals surface area contributed by atoms with Gasteiger partial charge in [0.1, 0.15) is 0 Å². The molecule has 0 radical (unpaired) electrons. The summed E-state index contributed by atoms with van der Waals surface area (Å²) in [6.07, 6.45) is 43.3. The summed E-state index contributed by atoms with van der Waals surface area (Å²) in [6.45, 7) is 7.54. The number of urea groups is 1. The lowest BCUT2D eigenvalue weighted by Crippen LogP contribution is -2.42. The summed E-state index contributed by atoms with van der Waals surface area (Å²) < 4.78 is 0. The molecule has 1 atom stereocenters. The molecular formula is C37H74N2O. The molecule has 0 aliphatic rings. The highest BCUT2D eigenvalue weighted by Gasteiger charge is 2.11. The average Bonchev–Trinajstić information content (AvgIpc) is 2.95. The van der Waals surface area contributed by atoms with Crippen molar-refractivity contribution >= 4 is 6.03 Å². The van der Waals surface area contributed by atoms with E-state index < -0.39 is 0 Å². The molecule has 0 aromatic rings. The molecule has 2 N–H and O–H groups in total. The van der Waals surface area contributed by atoms with E-state index in [0.717, 1.165) is 32.2 Å². The van der Waals surface area contributed by atoms with Crippen molar-refractivity contribution < 1.29 is 4.79 Å². The molecule has 3 heteroatoms. The second-order valence-corrected chi connectivity index (χ2v) is 12.5. The third kappa shape index (κ3) is 31.5. The van der Waals surface area contributed by atoms with Crippen molar-refractivity contribution in [1.82, 2.24) is 10.6 Å². The van der Waals surface area contributed by atoms with Gasteiger partial charge in [-0.05, 0) is 44.9 Å². The van der Waals surface area contributed by atoms with Crippen LogP contribution in [-0.4, -0.2) is 18.6 Å². The highest BCUT2D eigenvalue weighted by Crippen LogP contribution is 2.16. The lowest BCUT2D eigenvalue weighted by molar-refractivity contribution is 0.234. The van der Waals surface area contributed by atoms with E-state index >= 15 is 0 Å². The molecule has 0 aromatic heterocycles. The van der Waals surface area contributed by atoms with Crippen LogP contribution in [0.25, 0.3) is 0 Å². The van der Waals surface area contributed by atoms with Gasteiger partial charge >= 0.3 is 6.03 Å². The molecule has 1 unspecified atom stereocenters. The number of hydrogen-bond donors (Lipinski definition) is 2. The van der Waals surface area contributed by atoms with Crippen LogP contribution in [0, 0.1) is 0 Å². The van der Waals surface area contributed by atoms with Crippen molar-refractivity contribution in [1.29, 1.82) is 0 Å². The van der Waals surface area contributed by atoms with Crippen LogP contribution in [0.15, 0.2) is 12.2 Å². The van der Waals surface area contributed by atoms with Crippen LogP contribution in [0.4, 0.5) is 4.79 Å². The van der Waals surface area contributed by atoms with Crippen molar-refractivity contribution in [3.8, 4) is 0 Å². The molecule has 40 heavy (non-hydrogen) atoms. The molecule has 0 aromatic carbocycles. The first kappa shape index (κ1) is 39.0. The molecule has 0 saturated carbocycles. The molecule has 0 aliphatic carbocycles. The van der Waals surface area contributed by atoms with Crippen molar-refractivity contribution in [2.75, 3.05) is 6.54 Å². The number of rotatable bonds is 32. The van der Waals surface area contributed by atoms with Crippen molar-refractivity contribution in [3.63, 3.8) is 0 Å². The fourth-order valence-corrected chi connectivity index (χ4v) is 5.60. The summed E-state index contributed by atoms with van der Waals surface area (Å²) in [5.74, 6) is 0. The molecule has 0 rings (SSSR count). The number of nitrogens with one attached hydrogen (secondary N) is 2. The van der Waals surface area contributed by atoms with Crippen molar-refractivity contribution in [3.05, 3.63) is 12.2 Å².